The number of rotatable bonds is 6. The van der Waals surface area contributed by atoms with Crippen molar-refractivity contribution in [2.45, 2.75) is 13.3 Å². The number of aryl methyl sites for hydroxylation is 1. The summed E-state index contributed by atoms with van der Waals surface area (Å²) >= 11 is 3.35. The summed E-state index contributed by atoms with van der Waals surface area (Å²) in [6.07, 6.45) is 2.28. The molecule has 0 spiro atoms. The standard InChI is InChI=1S/C25H20N4O2S2/c1-16-28-22(14-32-16)23-11-10-19(33-23)12-13-26-24(30)17-6-8-18(9-7-17)29-15-27-21-5-3-2-4-20(21)25(29)31/h2-11,14-15H,12-13H2,1H3,(H,26,30). The van der Waals surface area contributed by atoms with Gasteiger partial charge in [-0.05, 0) is 61.9 Å². The van der Waals surface area contributed by atoms with Gasteiger partial charge in [0.15, 0.2) is 0 Å². The molecule has 0 radical (unpaired) electrons. The van der Waals surface area contributed by atoms with Gasteiger partial charge in [0.2, 0.25) is 0 Å². The van der Waals surface area contributed by atoms with Crippen LogP contribution < -0.4 is 10.9 Å². The molecule has 1 N–H and O–H groups in total. The molecule has 33 heavy (non-hydrogen) atoms. The second-order valence-electron chi connectivity index (χ2n) is 7.51. The highest BCUT2D eigenvalue weighted by Crippen LogP contribution is 2.29. The zero-order valence-corrected chi connectivity index (χ0v) is 19.5. The van der Waals surface area contributed by atoms with E-state index < -0.39 is 0 Å². The Bertz CT molecular complexity index is 1500. The van der Waals surface area contributed by atoms with Crippen LogP contribution in [-0.2, 0) is 6.42 Å². The van der Waals surface area contributed by atoms with Crippen LogP contribution in [0.4, 0.5) is 0 Å². The van der Waals surface area contributed by atoms with Gasteiger partial charge < -0.3 is 5.32 Å². The van der Waals surface area contributed by atoms with Crippen LogP contribution in [0.3, 0.4) is 0 Å². The van der Waals surface area contributed by atoms with Crippen molar-refractivity contribution >= 4 is 39.5 Å². The molecule has 6 nitrogen and oxygen atoms in total. The van der Waals surface area contributed by atoms with Crippen LogP contribution in [0.1, 0.15) is 20.2 Å². The molecule has 0 atom stereocenters. The number of hydrogen-bond acceptors (Lipinski definition) is 6. The number of carbonyl (C=O) groups is 1. The van der Waals surface area contributed by atoms with Gasteiger partial charge in [-0.15, -0.1) is 22.7 Å². The summed E-state index contributed by atoms with van der Waals surface area (Å²) in [5, 5.41) is 6.65. The molecular formula is C25H20N4O2S2. The van der Waals surface area contributed by atoms with Crippen LogP contribution >= 0.6 is 22.7 Å². The molecule has 0 saturated heterocycles. The first-order valence-electron chi connectivity index (χ1n) is 10.4. The molecule has 5 rings (SSSR count). The number of nitrogens with one attached hydrogen (secondary N) is 1. The molecule has 2 aromatic carbocycles. The van der Waals surface area contributed by atoms with Crippen molar-refractivity contribution in [1.82, 2.24) is 19.9 Å². The average molecular weight is 473 g/mol. The number of carbonyl (C=O) groups excluding carboxylic acids is 1. The number of aromatic nitrogens is 3. The fourth-order valence-corrected chi connectivity index (χ4v) is 5.21. The largest absolute Gasteiger partial charge is 0.352 e. The summed E-state index contributed by atoms with van der Waals surface area (Å²) in [6.45, 7) is 2.55. The van der Waals surface area contributed by atoms with Crippen LogP contribution in [0.5, 0.6) is 0 Å². The van der Waals surface area contributed by atoms with E-state index in [0.29, 0.717) is 28.7 Å². The SMILES string of the molecule is Cc1nc(-c2ccc(CCNC(=O)c3ccc(-n4cnc5ccccc5c4=O)cc3)s2)cs1. The van der Waals surface area contributed by atoms with E-state index in [1.807, 2.05) is 25.1 Å². The van der Waals surface area contributed by atoms with Crippen LogP contribution in [-0.4, -0.2) is 27.0 Å². The topological polar surface area (TPSA) is 76.9 Å². The number of thiazole rings is 1. The minimum atomic E-state index is -0.141. The highest BCUT2D eigenvalue weighted by atomic mass is 32.1. The predicted octanol–water partition coefficient (Wildman–Crippen LogP) is 4.85. The first kappa shape index (κ1) is 21.2. The Morgan fingerprint density at radius 2 is 1.88 bits per heavy atom. The van der Waals surface area contributed by atoms with Crippen LogP contribution in [0, 0.1) is 6.92 Å². The second-order valence-corrected chi connectivity index (χ2v) is 9.74. The molecule has 0 bridgehead atoms. The lowest BCUT2D eigenvalue weighted by atomic mass is 10.2. The van der Waals surface area contributed by atoms with Crippen LogP contribution in [0.25, 0.3) is 27.2 Å². The van der Waals surface area contributed by atoms with Crippen molar-refractivity contribution in [3.63, 3.8) is 0 Å². The molecule has 8 heteroatoms. The average Bonchev–Trinajstić information content (AvgIpc) is 3.49. The van der Waals surface area contributed by atoms with Gasteiger partial charge in [0.25, 0.3) is 11.5 Å². The van der Waals surface area contributed by atoms with Crippen LogP contribution in [0.2, 0.25) is 0 Å². The van der Waals surface area contributed by atoms with Gasteiger partial charge in [-0.3, -0.25) is 14.2 Å². The fraction of sp³-hybridized carbons (Fsp3) is 0.120. The summed E-state index contributed by atoms with van der Waals surface area (Å²) in [4.78, 5) is 36.5. The van der Waals surface area contributed by atoms with E-state index in [0.717, 1.165) is 22.0 Å². The molecule has 0 aliphatic rings. The monoisotopic (exact) mass is 472 g/mol. The predicted molar refractivity (Wildman–Crippen MR) is 134 cm³/mol. The molecule has 0 unspecified atom stereocenters. The van der Waals surface area contributed by atoms with E-state index in [2.05, 4.69) is 32.8 Å². The number of hydrogen-bond donors (Lipinski definition) is 1. The van der Waals surface area contributed by atoms with E-state index in [9.17, 15) is 9.59 Å². The van der Waals surface area contributed by atoms with E-state index in [1.165, 1.54) is 15.8 Å². The van der Waals surface area contributed by atoms with Gasteiger partial charge in [0.05, 0.1) is 32.2 Å². The van der Waals surface area contributed by atoms with Crippen molar-refractivity contribution in [3.8, 4) is 16.3 Å². The number of fused-ring (bicyclic) bond motifs is 1. The molecule has 3 heterocycles. The van der Waals surface area contributed by atoms with E-state index in [1.54, 1.807) is 53.0 Å². The van der Waals surface area contributed by atoms with Gasteiger partial charge >= 0.3 is 0 Å². The molecule has 0 aliphatic heterocycles. The number of nitrogens with zero attached hydrogens (tertiary/aromatic N) is 3. The number of amides is 1. The van der Waals surface area contributed by atoms with Gasteiger partial charge in [0.1, 0.15) is 6.33 Å². The lowest BCUT2D eigenvalue weighted by Gasteiger charge is -2.08. The van der Waals surface area contributed by atoms with Crippen molar-refractivity contribution in [1.29, 1.82) is 0 Å². The maximum atomic E-state index is 12.8. The highest BCUT2D eigenvalue weighted by molar-refractivity contribution is 7.16. The Kier molecular flexibility index (Phi) is 5.85. The number of thiophene rings is 1. The van der Waals surface area contributed by atoms with Gasteiger partial charge in [-0.1, -0.05) is 12.1 Å². The van der Waals surface area contributed by atoms with E-state index in [4.69, 9.17) is 0 Å². The summed E-state index contributed by atoms with van der Waals surface area (Å²) in [5.41, 5.74) is 2.75. The fourth-order valence-electron chi connectivity index (χ4n) is 3.55. The Labute approximate surface area is 198 Å². The minimum absolute atomic E-state index is 0.138. The van der Waals surface area contributed by atoms with Crippen molar-refractivity contribution in [2.75, 3.05) is 6.54 Å². The zero-order valence-electron chi connectivity index (χ0n) is 17.8. The summed E-state index contributed by atoms with van der Waals surface area (Å²) in [6, 6.07) is 18.4. The summed E-state index contributed by atoms with van der Waals surface area (Å²) in [5.74, 6) is -0.141. The first-order valence-corrected chi connectivity index (χ1v) is 12.1. The number of benzene rings is 2. The van der Waals surface area contributed by atoms with Crippen LogP contribution in [0.15, 0.2) is 77.2 Å². The van der Waals surface area contributed by atoms with Crippen molar-refractivity contribution in [3.05, 3.63) is 98.2 Å². The summed E-state index contributed by atoms with van der Waals surface area (Å²) in [7, 11) is 0. The maximum absolute atomic E-state index is 12.8. The molecule has 5 aromatic rings. The third-order valence-corrected chi connectivity index (χ3v) is 7.20. The Morgan fingerprint density at radius 1 is 1.06 bits per heavy atom. The molecule has 0 aliphatic carbocycles. The molecular weight excluding hydrogens is 452 g/mol. The molecule has 3 aromatic heterocycles. The molecule has 1 amide bonds. The maximum Gasteiger partial charge on any atom is 0.265 e. The second kappa shape index (κ2) is 9.09. The first-order chi connectivity index (χ1) is 16.1. The van der Waals surface area contributed by atoms with E-state index >= 15 is 0 Å². The third-order valence-electron chi connectivity index (χ3n) is 5.26. The van der Waals surface area contributed by atoms with Gasteiger partial charge in [-0.25, -0.2) is 9.97 Å². The highest BCUT2D eigenvalue weighted by Gasteiger charge is 2.10. The summed E-state index contributed by atoms with van der Waals surface area (Å²) < 4.78 is 1.49. The lowest BCUT2D eigenvalue weighted by Crippen LogP contribution is -2.25. The molecule has 0 fully saturated rings. The third kappa shape index (κ3) is 4.48. The van der Waals surface area contributed by atoms with Gasteiger partial charge in [0, 0.05) is 22.4 Å². The lowest BCUT2D eigenvalue weighted by molar-refractivity contribution is 0.0954. The quantitative estimate of drug-likeness (QED) is 0.383. The smallest absolute Gasteiger partial charge is 0.265 e. The Hall–Kier alpha value is -3.62. The van der Waals surface area contributed by atoms with Crippen molar-refractivity contribution < 1.29 is 4.79 Å². The Morgan fingerprint density at radius 3 is 2.67 bits per heavy atom. The van der Waals surface area contributed by atoms with Gasteiger partial charge in [-0.2, -0.15) is 0 Å². The molecule has 164 valence electrons. The minimum Gasteiger partial charge on any atom is -0.352 e. The van der Waals surface area contributed by atoms with E-state index in [-0.39, 0.29) is 11.5 Å². The molecule has 0 saturated carbocycles. The zero-order chi connectivity index (χ0) is 22.8. The van der Waals surface area contributed by atoms with Crippen molar-refractivity contribution in [2.24, 2.45) is 0 Å². The normalized spacial score (nSPS) is 11.1. The number of para-hydroxylation sites is 1. The Balaban J connectivity index is 1.22.